The average molecular weight is 320 g/mol. The predicted octanol–water partition coefficient (Wildman–Crippen LogP) is 2.35. The van der Waals surface area contributed by atoms with Crippen molar-refractivity contribution in [3.05, 3.63) is 17.8 Å². The van der Waals surface area contributed by atoms with Gasteiger partial charge in [-0.15, -0.1) is 0 Å². The Morgan fingerprint density at radius 1 is 1.22 bits per heavy atom. The second-order valence-electron chi connectivity index (χ2n) is 6.92. The molecule has 1 aromatic heterocycles. The molecule has 0 radical (unpaired) electrons. The van der Waals surface area contributed by atoms with E-state index in [1.54, 1.807) is 0 Å². The number of carbonyl (C=O) groups excluding carboxylic acids is 1. The van der Waals surface area contributed by atoms with Gasteiger partial charge in [0.1, 0.15) is 6.26 Å². The van der Waals surface area contributed by atoms with Gasteiger partial charge in [-0.05, 0) is 25.7 Å². The molecule has 2 saturated heterocycles. The molecule has 1 aromatic rings. The molecule has 23 heavy (non-hydrogen) atoms. The van der Waals surface area contributed by atoms with Crippen molar-refractivity contribution in [3.8, 4) is 0 Å². The maximum atomic E-state index is 12.8. The molecule has 1 aliphatic carbocycles. The van der Waals surface area contributed by atoms with Gasteiger partial charge in [0.05, 0.1) is 18.8 Å². The first-order valence-corrected chi connectivity index (χ1v) is 8.72. The summed E-state index contributed by atoms with van der Waals surface area (Å²) in [6.07, 6.45) is 7.85. The summed E-state index contributed by atoms with van der Waals surface area (Å²) in [7, 11) is 0. The number of hydrogen-bond acceptors (Lipinski definition) is 5. The van der Waals surface area contributed by atoms with Crippen molar-refractivity contribution in [2.75, 3.05) is 32.9 Å². The summed E-state index contributed by atoms with van der Waals surface area (Å²) in [5.74, 6) is 0.929. The molecule has 126 valence electrons. The molecule has 0 bridgehead atoms. The molecule has 0 aromatic carbocycles. The highest BCUT2D eigenvalue weighted by atomic mass is 16.5. The highest BCUT2D eigenvalue weighted by Crippen LogP contribution is 2.36. The van der Waals surface area contributed by atoms with Crippen molar-refractivity contribution < 1.29 is 18.7 Å². The normalized spacial score (nSPS) is 25.1. The summed E-state index contributed by atoms with van der Waals surface area (Å²) in [5.41, 5.74) is 0.322. The van der Waals surface area contributed by atoms with Gasteiger partial charge in [-0.2, -0.15) is 0 Å². The van der Waals surface area contributed by atoms with Crippen LogP contribution in [0.5, 0.6) is 0 Å². The zero-order valence-corrected chi connectivity index (χ0v) is 13.5. The Morgan fingerprint density at radius 3 is 2.78 bits per heavy atom. The minimum atomic E-state index is -0.110. The zero-order chi connectivity index (χ0) is 15.7. The smallest absolute Gasteiger partial charge is 0.275 e. The molecule has 3 aliphatic rings. The lowest BCUT2D eigenvalue weighted by Gasteiger charge is -2.40. The van der Waals surface area contributed by atoms with Crippen LogP contribution in [0.25, 0.3) is 0 Å². The molecular weight excluding hydrogens is 296 g/mol. The predicted molar refractivity (Wildman–Crippen MR) is 82.4 cm³/mol. The fraction of sp³-hybridized carbons (Fsp3) is 0.765. The van der Waals surface area contributed by atoms with E-state index in [4.69, 9.17) is 13.9 Å². The number of hydrogen-bond donors (Lipinski definition) is 0. The minimum Gasteiger partial charge on any atom is -0.448 e. The van der Waals surface area contributed by atoms with Crippen molar-refractivity contribution in [1.29, 1.82) is 0 Å². The molecule has 1 saturated carbocycles. The highest BCUT2D eigenvalue weighted by Gasteiger charge is 2.41. The molecule has 1 spiro atoms. The van der Waals surface area contributed by atoms with E-state index in [9.17, 15) is 4.79 Å². The summed E-state index contributed by atoms with van der Waals surface area (Å²) in [5, 5.41) is 0. The van der Waals surface area contributed by atoms with Gasteiger partial charge < -0.3 is 18.8 Å². The van der Waals surface area contributed by atoms with Gasteiger partial charge in [0.2, 0.25) is 0 Å². The third kappa shape index (κ3) is 3.02. The fourth-order valence-corrected chi connectivity index (χ4v) is 4.02. The van der Waals surface area contributed by atoms with Gasteiger partial charge in [-0.25, -0.2) is 4.98 Å². The van der Waals surface area contributed by atoms with Crippen LogP contribution in [-0.4, -0.2) is 54.3 Å². The standard InChI is InChI=1S/C17H24N2O4/c20-16(19-7-10-23-17(12-19)5-1-2-6-17)14-11-22-15(18-14)13-3-8-21-9-4-13/h11,13H,1-10,12H2. The lowest BCUT2D eigenvalue weighted by atomic mass is 9.99. The van der Waals surface area contributed by atoms with E-state index in [1.807, 2.05) is 4.90 Å². The zero-order valence-electron chi connectivity index (χ0n) is 13.5. The number of amides is 1. The summed E-state index contributed by atoms with van der Waals surface area (Å²) in [4.78, 5) is 19.1. The number of aromatic nitrogens is 1. The SMILES string of the molecule is O=C(c1coc(C2CCOCC2)n1)N1CCOC2(CCCC2)C1. The van der Waals surface area contributed by atoms with Gasteiger partial charge in [-0.3, -0.25) is 4.79 Å². The molecule has 1 amide bonds. The van der Waals surface area contributed by atoms with Crippen molar-refractivity contribution in [2.45, 2.75) is 50.0 Å². The Kier molecular flexibility index (Phi) is 4.11. The monoisotopic (exact) mass is 320 g/mol. The number of morpholine rings is 1. The number of ether oxygens (including phenoxy) is 2. The van der Waals surface area contributed by atoms with Gasteiger partial charge in [0.25, 0.3) is 5.91 Å². The number of oxazole rings is 1. The van der Waals surface area contributed by atoms with Crippen LogP contribution in [0.4, 0.5) is 0 Å². The van der Waals surface area contributed by atoms with E-state index < -0.39 is 0 Å². The third-order valence-electron chi connectivity index (χ3n) is 5.36. The van der Waals surface area contributed by atoms with Crippen LogP contribution in [0.15, 0.2) is 10.7 Å². The molecule has 4 rings (SSSR count). The molecule has 3 heterocycles. The van der Waals surface area contributed by atoms with Crippen LogP contribution in [0.1, 0.15) is 60.8 Å². The average Bonchev–Trinajstić information content (AvgIpc) is 3.25. The first kappa shape index (κ1) is 15.1. The molecule has 0 atom stereocenters. The summed E-state index contributed by atoms with van der Waals surface area (Å²) < 4.78 is 16.9. The minimum absolute atomic E-state index is 0.0263. The Balaban J connectivity index is 1.45. The Hall–Kier alpha value is -1.40. The Bertz CT molecular complexity index is 559. The molecular formula is C17H24N2O4. The Morgan fingerprint density at radius 2 is 2.00 bits per heavy atom. The van der Waals surface area contributed by atoms with Crippen molar-refractivity contribution >= 4 is 5.91 Å². The second-order valence-corrected chi connectivity index (χ2v) is 6.92. The highest BCUT2D eigenvalue weighted by molar-refractivity contribution is 5.92. The van der Waals surface area contributed by atoms with E-state index in [-0.39, 0.29) is 17.4 Å². The number of nitrogens with zero attached hydrogens (tertiary/aromatic N) is 2. The lowest BCUT2D eigenvalue weighted by molar-refractivity contribution is -0.0949. The topological polar surface area (TPSA) is 64.8 Å². The van der Waals surface area contributed by atoms with E-state index in [1.165, 1.54) is 19.1 Å². The van der Waals surface area contributed by atoms with Gasteiger partial charge in [0, 0.05) is 25.7 Å². The third-order valence-corrected chi connectivity index (χ3v) is 5.36. The Labute approximate surface area is 136 Å². The molecule has 0 unspecified atom stereocenters. The van der Waals surface area contributed by atoms with E-state index in [0.717, 1.165) is 38.9 Å². The largest absolute Gasteiger partial charge is 0.448 e. The molecule has 2 aliphatic heterocycles. The van der Waals surface area contributed by atoms with E-state index in [2.05, 4.69) is 4.98 Å². The maximum Gasteiger partial charge on any atom is 0.275 e. The van der Waals surface area contributed by atoms with Crippen LogP contribution < -0.4 is 0 Å². The van der Waals surface area contributed by atoms with Gasteiger partial charge >= 0.3 is 0 Å². The molecule has 6 heteroatoms. The number of rotatable bonds is 2. The van der Waals surface area contributed by atoms with Crippen molar-refractivity contribution in [1.82, 2.24) is 9.88 Å². The summed E-state index contributed by atoms with van der Waals surface area (Å²) in [6.45, 7) is 3.42. The van der Waals surface area contributed by atoms with Crippen molar-refractivity contribution in [2.24, 2.45) is 0 Å². The van der Waals surface area contributed by atoms with Crippen LogP contribution in [0.3, 0.4) is 0 Å². The lowest BCUT2D eigenvalue weighted by Crippen LogP contribution is -2.52. The first-order chi connectivity index (χ1) is 11.3. The van der Waals surface area contributed by atoms with Crippen LogP contribution in [-0.2, 0) is 9.47 Å². The van der Waals surface area contributed by atoms with Crippen LogP contribution in [0.2, 0.25) is 0 Å². The maximum absolute atomic E-state index is 12.8. The van der Waals surface area contributed by atoms with Gasteiger partial charge in [0.15, 0.2) is 11.6 Å². The van der Waals surface area contributed by atoms with Crippen LogP contribution >= 0.6 is 0 Å². The van der Waals surface area contributed by atoms with Gasteiger partial charge in [-0.1, -0.05) is 12.8 Å². The molecule has 3 fully saturated rings. The van der Waals surface area contributed by atoms with E-state index >= 15 is 0 Å². The van der Waals surface area contributed by atoms with Crippen molar-refractivity contribution in [3.63, 3.8) is 0 Å². The summed E-state index contributed by atoms with van der Waals surface area (Å²) >= 11 is 0. The number of carbonyl (C=O) groups is 1. The summed E-state index contributed by atoms with van der Waals surface area (Å²) in [6, 6.07) is 0. The van der Waals surface area contributed by atoms with E-state index in [0.29, 0.717) is 31.3 Å². The second kappa shape index (κ2) is 6.24. The molecule has 0 N–H and O–H groups in total. The quantitative estimate of drug-likeness (QED) is 0.837. The fourth-order valence-electron chi connectivity index (χ4n) is 4.02. The molecule has 6 nitrogen and oxygen atoms in total. The van der Waals surface area contributed by atoms with Crippen LogP contribution in [0, 0.1) is 0 Å². The first-order valence-electron chi connectivity index (χ1n) is 8.72.